The van der Waals surface area contributed by atoms with Gasteiger partial charge >= 0.3 is 0 Å². The maximum absolute atomic E-state index is 12.7. The van der Waals surface area contributed by atoms with Gasteiger partial charge in [-0.05, 0) is 31.9 Å². The van der Waals surface area contributed by atoms with Gasteiger partial charge in [0.2, 0.25) is 11.8 Å². The molecule has 0 N–H and O–H groups in total. The van der Waals surface area contributed by atoms with Gasteiger partial charge in [-0.25, -0.2) is 0 Å². The summed E-state index contributed by atoms with van der Waals surface area (Å²) in [4.78, 5) is 17.0. The Kier molecular flexibility index (Phi) is 4.65. The molecule has 2 fully saturated rings. The molecule has 4 rings (SSSR count). The summed E-state index contributed by atoms with van der Waals surface area (Å²) in [5.74, 6) is 1.31. The van der Waals surface area contributed by atoms with Crippen molar-refractivity contribution in [1.82, 2.24) is 15.1 Å². The van der Waals surface area contributed by atoms with Gasteiger partial charge in [0.15, 0.2) is 0 Å². The van der Waals surface area contributed by atoms with E-state index >= 15 is 0 Å². The van der Waals surface area contributed by atoms with Crippen LogP contribution in [0.1, 0.15) is 31.6 Å². The maximum Gasteiger partial charge on any atom is 0.277 e. The quantitative estimate of drug-likeness (QED) is 0.766. The first-order valence-electron chi connectivity index (χ1n) is 8.79. The summed E-state index contributed by atoms with van der Waals surface area (Å²) >= 11 is 1.36. The number of nitrogens with zero attached hydrogens (tertiary/aromatic N) is 4. The SMILES string of the molecule is C[C@@H](Sc1nnc(C2CC2)o1)C(=O)N1CCN(c2ccccc2)CC1. The largest absolute Gasteiger partial charge is 0.416 e. The summed E-state index contributed by atoms with van der Waals surface area (Å²) < 4.78 is 5.65. The minimum Gasteiger partial charge on any atom is -0.416 e. The monoisotopic (exact) mass is 358 g/mol. The second-order valence-electron chi connectivity index (χ2n) is 6.59. The van der Waals surface area contributed by atoms with Gasteiger partial charge in [-0.1, -0.05) is 30.0 Å². The minimum absolute atomic E-state index is 0.142. The molecule has 1 aliphatic heterocycles. The zero-order valence-electron chi connectivity index (χ0n) is 14.3. The highest BCUT2D eigenvalue weighted by molar-refractivity contribution is 8.00. The third-order valence-electron chi connectivity index (χ3n) is 4.69. The summed E-state index contributed by atoms with van der Waals surface area (Å²) in [6, 6.07) is 10.3. The van der Waals surface area contributed by atoms with E-state index in [2.05, 4.69) is 27.2 Å². The lowest BCUT2D eigenvalue weighted by Gasteiger charge is -2.37. The number of aromatic nitrogens is 2. The Labute approximate surface area is 151 Å². The number of hydrogen-bond acceptors (Lipinski definition) is 6. The third kappa shape index (κ3) is 3.81. The summed E-state index contributed by atoms with van der Waals surface area (Å²) in [5, 5.41) is 8.43. The third-order valence-corrected chi connectivity index (χ3v) is 5.61. The molecule has 1 atom stereocenters. The van der Waals surface area contributed by atoms with Gasteiger partial charge in [0.05, 0.1) is 5.25 Å². The highest BCUT2D eigenvalue weighted by Crippen LogP contribution is 2.40. The molecule has 1 aromatic heterocycles. The van der Waals surface area contributed by atoms with Crippen molar-refractivity contribution >= 4 is 23.4 Å². The standard InChI is InChI=1S/C18H22N4O2S/c1-13(25-18-20-19-16(24-18)14-7-8-14)17(23)22-11-9-21(10-12-22)15-5-3-2-4-6-15/h2-6,13-14H,7-12H2,1H3/t13-/m1/s1. The molecule has 0 radical (unpaired) electrons. The van der Waals surface area contributed by atoms with E-state index in [4.69, 9.17) is 4.42 Å². The normalized spacial score (nSPS) is 19.1. The lowest BCUT2D eigenvalue weighted by atomic mass is 10.2. The lowest BCUT2D eigenvalue weighted by molar-refractivity contribution is -0.130. The van der Waals surface area contributed by atoms with E-state index in [9.17, 15) is 4.79 Å². The van der Waals surface area contributed by atoms with Crippen LogP contribution >= 0.6 is 11.8 Å². The van der Waals surface area contributed by atoms with Crippen molar-refractivity contribution in [2.45, 2.75) is 36.2 Å². The first kappa shape index (κ1) is 16.4. The van der Waals surface area contributed by atoms with Gasteiger partial charge in [-0.2, -0.15) is 0 Å². The van der Waals surface area contributed by atoms with Gasteiger partial charge in [0, 0.05) is 37.8 Å². The topological polar surface area (TPSA) is 62.5 Å². The Balaban J connectivity index is 1.30. The van der Waals surface area contributed by atoms with E-state index in [1.165, 1.54) is 17.4 Å². The molecule has 2 aliphatic rings. The van der Waals surface area contributed by atoms with E-state index in [0.717, 1.165) is 44.9 Å². The second-order valence-corrected chi connectivity index (χ2v) is 7.88. The summed E-state index contributed by atoms with van der Waals surface area (Å²) in [6.45, 7) is 5.13. The van der Waals surface area contributed by atoms with Crippen LogP contribution in [0.2, 0.25) is 0 Å². The zero-order chi connectivity index (χ0) is 17.2. The van der Waals surface area contributed by atoms with Crippen LogP contribution in [-0.2, 0) is 4.79 Å². The van der Waals surface area contributed by atoms with Crippen LogP contribution in [0.5, 0.6) is 0 Å². The number of carbonyl (C=O) groups excluding carboxylic acids is 1. The van der Waals surface area contributed by atoms with Gasteiger partial charge in [-0.3, -0.25) is 4.79 Å². The number of anilines is 1. The first-order valence-corrected chi connectivity index (χ1v) is 9.67. The highest BCUT2D eigenvalue weighted by atomic mass is 32.2. The zero-order valence-corrected chi connectivity index (χ0v) is 15.1. The predicted molar refractivity (Wildman–Crippen MR) is 96.8 cm³/mol. The maximum atomic E-state index is 12.7. The first-order chi connectivity index (χ1) is 12.2. The minimum atomic E-state index is -0.212. The Bertz CT molecular complexity index is 724. The van der Waals surface area contributed by atoms with Crippen molar-refractivity contribution in [3.05, 3.63) is 36.2 Å². The Morgan fingerprint density at radius 1 is 1.16 bits per heavy atom. The van der Waals surface area contributed by atoms with Gasteiger partial charge < -0.3 is 14.2 Å². The van der Waals surface area contributed by atoms with Crippen LogP contribution < -0.4 is 4.90 Å². The Hall–Kier alpha value is -2.02. The molecule has 1 aromatic carbocycles. The van der Waals surface area contributed by atoms with E-state index < -0.39 is 0 Å². The average Bonchev–Trinajstić information content (AvgIpc) is 3.41. The second kappa shape index (κ2) is 7.07. The van der Waals surface area contributed by atoms with Crippen LogP contribution in [0.15, 0.2) is 40.0 Å². The number of benzene rings is 1. The fourth-order valence-corrected chi connectivity index (χ4v) is 3.82. The number of piperazine rings is 1. The number of carbonyl (C=O) groups is 1. The molecule has 1 aliphatic carbocycles. The number of amides is 1. The van der Waals surface area contributed by atoms with E-state index in [-0.39, 0.29) is 11.2 Å². The average molecular weight is 358 g/mol. The van der Waals surface area contributed by atoms with Crippen LogP contribution in [0, 0.1) is 0 Å². The molecule has 0 spiro atoms. The van der Waals surface area contributed by atoms with Crippen LogP contribution in [-0.4, -0.2) is 52.4 Å². The van der Waals surface area contributed by atoms with Crippen molar-refractivity contribution in [2.75, 3.05) is 31.1 Å². The Morgan fingerprint density at radius 2 is 1.88 bits per heavy atom. The molecule has 1 saturated heterocycles. The highest BCUT2D eigenvalue weighted by Gasteiger charge is 2.31. The molecular weight excluding hydrogens is 336 g/mol. The van der Waals surface area contributed by atoms with Crippen LogP contribution in [0.3, 0.4) is 0 Å². The molecule has 7 heteroatoms. The molecule has 25 heavy (non-hydrogen) atoms. The summed E-state index contributed by atoms with van der Waals surface area (Å²) in [7, 11) is 0. The van der Waals surface area contributed by atoms with Gasteiger partial charge in [-0.15, -0.1) is 10.2 Å². The number of para-hydroxylation sites is 1. The summed E-state index contributed by atoms with van der Waals surface area (Å²) in [5.41, 5.74) is 1.22. The van der Waals surface area contributed by atoms with Crippen molar-refractivity contribution in [3.63, 3.8) is 0 Å². The van der Waals surface area contributed by atoms with Crippen molar-refractivity contribution < 1.29 is 9.21 Å². The fourth-order valence-electron chi connectivity index (χ4n) is 3.05. The van der Waals surface area contributed by atoms with Crippen molar-refractivity contribution in [2.24, 2.45) is 0 Å². The van der Waals surface area contributed by atoms with E-state index in [1.54, 1.807) is 0 Å². The molecule has 0 unspecified atom stereocenters. The smallest absolute Gasteiger partial charge is 0.277 e. The van der Waals surface area contributed by atoms with Crippen molar-refractivity contribution in [3.8, 4) is 0 Å². The van der Waals surface area contributed by atoms with Crippen LogP contribution in [0.4, 0.5) is 5.69 Å². The van der Waals surface area contributed by atoms with Gasteiger partial charge in [0.25, 0.3) is 5.22 Å². The van der Waals surface area contributed by atoms with Crippen molar-refractivity contribution in [1.29, 1.82) is 0 Å². The molecule has 6 nitrogen and oxygen atoms in total. The molecule has 1 saturated carbocycles. The van der Waals surface area contributed by atoms with Gasteiger partial charge in [0.1, 0.15) is 0 Å². The lowest BCUT2D eigenvalue weighted by Crippen LogP contribution is -2.50. The molecule has 1 amide bonds. The number of thioether (sulfide) groups is 1. The molecular formula is C18H22N4O2S. The molecule has 2 heterocycles. The van der Waals surface area contributed by atoms with Crippen LogP contribution in [0.25, 0.3) is 0 Å². The Morgan fingerprint density at radius 3 is 2.56 bits per heavy atom. The van der Waals surface area contributed by atoms with E-state index in [1.807, 2.05) is 30.0 Å². The number of hydrogen-bond donors (Lipinski definition) is 0. The summed E-state index contributed by atoms with van der Waals surface area (Å²) in [6.07, 6.45) is 2.26. The van der Waals surface area contributed by atoms with E-state index in [0.29, 0.717) is 11.1 Å². The molecule has 132 valence electrons. The number of rotatable bonds is 5. The molecule has 0 bridgehead atoms. The molecule has 2 aromatic rings. The predicted octanol–water partition coefficient (Wildman–Crippen LogP) is 2.78. The fraction of sp³-hybridized carbons (Fsp3) is 0.500.